The van der Waals surface area contributed by atoms with Crippen LogP contribution in [0.5, 0.6) is 5.75 Å². The minimum atomic E-state index is -1.15. The first kappa shape index (κ1) is 17.7. The minimum absolute atomic E-state index is 0.276. The van der Waals surface area contributed by atoms with Crippen LogP contribution in [-0.2, 0) is 9.53 Å². The first-order valence-corrected chi connectivity index (χ1v) is 8.40. The smallest absolute Gasteiger partial charge is 0.349 e. The van der Waals surface area contributed by atoms with Crippen LogP contribution in [-0.4, -0.2) is 18.2 Å². The second-order valence-corrected chi connectivity index (χ2v) is 6.34. The Hall–Kier alpha value is -3.08. The average Bonchev–Trinajstić information content (AvgIpc) is 2.61. The summed E-state index contributed by atoms with van der Waals surface area (Å²) in [5.41, 5.74) is 0.506. The molecule has 5 heteroatoms. The molecule has 0 aliphatic rings. The van der Waals surface area contributed by atoms with Crippen molar-refractivity contribution in [3.05, 3.63) is 65.0 Å². The largest absolute Gasteiger partial charge is 0.476 e. The number of hydrogen-bond donors (Lipinski definition) is 0. The summed E-state index contributed by atoms with van der Waals surface area (Å²) >= 11 is 0. The van der Waals surface area contributed by atoms with Gasteiger partial charge in [0.25, 0.3) is 0 Å². The first-order chi connectivity index (χ1) is 12.4. The van der Waals surface area contributed by atoms with E-state index in [-0.39, 0.29) is 6.61 Å². The monoisotopic (exact) mass is 352 g/mol. The molecular formula is C21H20O5. The van der Waals surface area contributed by atoms with E-state index in [1.165, 1.54) is 6.07 Å². The zero-order valence-corrected chi connectivity index (χ0v) is 14.9. The third-order valence-corrected chi connectivity index (χ3v) is 3.94. The Morgan fingerprint density at radius 1 is 1.08 bits per heavy atom. The molecule has 2 aromatic carbocycles. The molecule has 0 aliphatic heterocycles. The summed E-state index contributed by atoms with van der Waals surface area (Å²) in [4.78, 5) is 24.0. The van der Waals surface area contributed by atoms with E-state index in [4.69, 9.17) is 13.9 Å². The molecule has 0 atom stereocenters. The van der Waals surface area contributed by atoms with Crippen LogP contribution in [0.15, 0.2) is 63.8 Å². The van der Waals surface area contributed by atoms with Crippen molar-refractivity contribution in [1.29, 1.82) is 0 Å². The van der Waals surface area contributed by atoms with Crippen LogP contribution in [0.2, 0.25) is 0 Å². The minimum Gasteiger partial charge on any atom is -0.476 e. The van der Waals surface area contributed by atoms with Gasteiger partial charge in [0.15, 0.2) is 5.60 Å². The summed E-state index contributed by atoms with van der Waals surface area (Å²) in [6.45, 7) is 5.28. The topological polar surface area (TPSA) is 65.7 Å². The van der Waals surface area contributed by atoms with Gasteiger partial charge in [-0.1, -0.05) is 30.3 Å². The van der Waals surface area contributed by atoms with Crippen molar-refractivity contribution in [1.82, 2.24) is 0 Å². The number of rotatable bonds is 5. The highest BCUT2D eigenvalue weighted by molar-refractivity contribution is 5.93. The highest BCUT2D eigenvalue weighted by Gasteiger charge is 2.31. The summed E-state index contributed by atoms with van der Waals surface area (Å²) in [5, 5.41) is 0.789. The highest BCUT2D eigenvalue weighted by atomic mass is 16.6. The van der Waals surface area contributed by atoms with Gasteiger partial charge in [-0.3, -0.25) is 0 Å². The summed E-state index contributed by atoms with van der Waals surface area (Å²) in [5.74, 6) is -0.0384. The number of esters is 1. The van der Waals surface area contributed by atoms with E-state index < -0.39 is 17.2 Å². The molecule has 0 aliphatic carbocycles. The molecule has 0 N–H and O–H groups in total. The van der Waals surface area contributed by atoms with Gasteiger partial charge in [-0.05, 0) is 44.0 Å². The van der Waals surface area contributed by atoms with Crippen molar-refractivity contribution in [3.63, 3.8) is 0 Å². The maximum atomic E-state index is 12.0. The van der Waals surface area contributed by atoms with E-state index in [0.717, 1.165) is 16.5 Å². The standard InChI is InChI=1S/C21H20O5/c1-4-24-20(23)21(2,3)26-15-10-11-16-17(14-8-6-5-7-9-14)13-19(22)25-18(16)12-15/h5-13H,4H2,1-3H3. The lowest BCUT2D eigenvalue weighted by atomic mass is 10.0. The van der Waals surface area contributed by atoms with Gasteiger partial charge < -0.3 is 13.9 Å². The van der Waals surface area contributed by atoms with E-state index in [0.29, 0.717) is 11.3 Å². The molecule has 134 valence electrons. The zero-order valence-electron chi connectivity index (χ0n) is 14.9. The van der Waals surface area contributed by atoms with Crippen LogP contribution in [0.4, 0.5) is 0 Å². The zero-order chi connectivity index (χ0) is 18.7. The lowest BCUT2D eigenvalue weighted by molar-refractivity contribution is -0.158. The number of ether oxygens (including phenoxy) is 2. The predicted molar refractivity (Wildman–Crippen MR) is 99.3 cm³/mol. The fourth-order valence-corrected chi connectivity index (χ4v) is 2.70. The van der Waals surface area contributed by atoms with E-state index in [1.54, 1.807) is 32.9 Å². The van der Waals surface area contributed by atoms with Gasteiger partial charge in [0, 0.05) is 17.5 Å². The average molecular weight is 352 g/mol. The molecule has 0 saturated heterocycles. The summed E-state index contributed by atoms with van der Waals surface area (Å²) in [6, 6.07) is 16.3. The van der Waals surface area contributed by atoms with E-state index in [9.17, 15) is 9.59 Å². The van der Waals surface area contributed by atoms with Gasteiger partial charge in [-0.15, -0.1) is 0 Å². The Labute approximate surface area is 151 Å². The van der Waals surface area contributed by atoms with Gasteiger partial charge in [0.1, 0.15) is 11.3 Å². The fourth-order valence-electron chi connectivity index (χ4n) is 2.70. The molecular weight excluding hydrogens is 332 g/mol. The van der Waals surface area contributed by atoms with Crippen molar-refractivity contribution in [3.8, 4) is 16.9 Å². The van der Waals surface area contributed by atoms with Crippen LogP contribution in [0, 0.1) is 0 Å². The molecule has 1 heterocycles. The van der Waals surface area contributed by atoms with Crippen molar-refractivity contribution in [2.24, 2.45) is 0 Å². The number of benzene rings is 2. The Balaban J connectivity index is 2.02. The van der Waals surface area contributed by atoms with Crippen LogP contribution in [0.3, 0.4) is 0 Å². The number of fused-ring (bicyclic) bond motifs is 1. The molecule has 1 aromatic heterocycles. The Morgan fingerprint density at radius 3 is 2.50 bits per heavy atom. The molecule has 0 spiro atoms. The van der Waals surface area contributed by atoms with E-state index >= 15 is 0 Å². The summed E-state index contributed by atoms with van der Waals surface area (Å²) in [7, 11) is 0. The molecule has 0 bridgehead atoms. The lowest BCUT2D eigenvalue weighted by Gasteiger charge is -2.24. The fraction of sp³-hybridized carbons (Fsp3) is 0.238. The molecule has 0 radical (unpaired) electrons. The summed E-state index contributed by atoms with van der Waals surface area (Å²) < 4.78 is 16.1. The van der Waals surface area contributed by atoms with Gasteiger partial charge in [0.05, 0.1) is 6.61 Å². The number of carbonyl (C=O) groups excluding carboxylic acids is 1. The first-order valence-electron chi connectivity index (χ1n) is 8.40. The normalized spacial score (nSPS) is 11.3. The Kier molecular flexibility index (Phi) is 4.80. The Morgan fingerprint density at radius 2 is 1.81 bits per heavy atom. The maximum Gasteiger partial charge on any atom is 0.349 e. The van der Waals surface area contributed by atoms with Crippen LogP contribution >= 0.6 is 0 Å². The van der Waals surface area contributed by atoms with Crippen LogP contribution < -0.4 is 10.4 Å². The maximum absolute atomic E-state index is 12.0. The molecule has 0 fully saturated rings. The third kappa shape index (κ3) is 3.61. The quantitative estimate of drug-likeness (QED) is 0.509. The molecule has 3 rings (SSSR count). The summed E-state index contributed by atoms with van der Waals surface area (Å²) in [6.07, 6.45) is 0. The van der Waals surface area contributed by atoms with E-state index in [2.05, 4.69) is 0 Å². The van der Waals surface area contributed by atoms with Crippen molar-refractivity contribution in [2.45, 2.75) is 26.4 Å². The van der Waals surface area contributed by atoms with E-state index in [1.807, 2.05) is 36.4 Å². The van der Waals surface area contributed by atoms with Crippen molar-refractivity contribution >= 4 is 16.9 Å². The number of carbonyl (C=O) groups is 1. The van der Waals surface area contributed by atoms with Gasteiger partial charge >= 0.3 is 11.6 Å². The molecule has 0 unspecified atom stereocenters. The molecule has 26 heavy (non-hydrogen) atoms. The number of hydrogen-bond acceptors (Lipinski definition) is 5. The van der Waals surface area contributed by atoms with Gasteiger partial charge in [0.2, 0.25) is 0 Å². The van der Waals surface area contributed by atoms with Gasteiger partial charge in [-0.2, -0.15) is 0 Å². The Bertz CT molecular complexity index is 986. The predicted octanol–water partition coefficient (Wildman–Crippen LogP) is 4.18. The van der Waals surface area contributed by atoms with Crippen LogP contribution in [0.1, 0.15) is 20.8 Å². The highest BCUT2D eigenvalue weighted by Crippen LogP contribution is 2.30. The molecule has 0 saturated carbocycles. The second-order valence-electron chi connectivity index (χ2n) is 6.34. The van der Waals surface area contributed by atoms with Crippen molar-refractivity contribution < 1.29 is 18.7 Å². The molecule has 5 nitrogen and oxygen atoms in total. The van der Waals surface area contributed by atoms with Crippen molar-refractivity contribution in [2.75, 3.05) is 6.61 Å². The van der Waals surface area contributed by atoms with Gasteiger partial charge in [-0.25, -0.2) is 9.59 Å². The third-order valence-electron chi connectivity index (χ3n) is 3.94. The van der Waals surface area contributed by atoms with Crippen LogP contribution in [0.25, 0.3) is 22.1 Å². The lowest BCUT2D eigenvalue weighted by Crippen LogP contribution is -2.39. The molecule has 3 aromatic rings. The SMILES string of the molecule is CCOC(=O)C(C)(C)Oc1ccc2c(-c3ccccc3)cc(=O)oc2c1. The molecule has 0 amide bonds. The second kappa shape index (κ2) is 7.04.